The van der Waals surface area contributed by atoms with Crippen molar-refractivity contribution in [3.8, 4) is 23.0 Å². The number of para-hydroxylation sites is 2. The minimum Gasteiger partial charge on any atom is -0.504 e. The Morgan fingerprint density at radius 1 is 0.692 bits per heavy atom. The van der Waals surface area contributed by atoms with E-state index in [-0.39, 0.29) is 23.0 Å². The standard InChI is InChI=1S/C20H24N2O4/c1-3-21-15(13-7-5-9-17(23)19(13)25)11-12-16(22-4-2)14-8-6-10-18(24)20(14)26/h5-10,23-26H,3-4,11-12H2,1-2H3/b21-15+,22-16+. The smallest absolute Gasteiger partial charge is 0.166 e. The summed E-state index contributed by atoms with van der Waals surface area (Å²) in [6, 6.07) is 9.53. The molecule has 0 aliphatic heterocycles. The lowest BCUT2D eigenvalue weighted by Gasteiger charge is -2.13. The molecular weight excluding hydrogens is 332 g/mol. The minimum atomic E-state index is -0.200. The number of phenols is 4. The van der Waals surface area contributed by atoms with Crippen LogP contribution in [-0.2, 0) is 0 Å². The number of rotatable bonds is 7. The van der Waals surface area contributed by atoms with Crippen molar-refractivity contribution in [2.45, 2.75) is 26.7 Å². The normalized spacial score (nSPS) is 12.4. The maximum absolute atomic E-state index is 10.1. The average molecular weight is 356 g/mol. The van der Waals surface area contributed by atoms with Crippen LogP contribution in [0, 0.1) is 0 Å². The number of hydrogen-bond acceptors (Lipinski definition) is 6. The summed E-state index contributed by atoms with van der Waals surface area (Å²) in [6.07, 6.45) is 0.914. The molecule has 6 heteroatoms. The van der Waals surface area contributed by atoms with E-state index in [4.69, 9.17) is 0 Å². The van der Waals surface area contributed by atoms with E-state index in [9.17, 15) is 20.4 Å². The van der Waals surface area contributed by atoms with Crippen LogP contribution in [0.4, 0.5) is 0 Å². The zero-order valence-electron chi connectivity index (χ0n) is 15.0. The largest absolute Gasteiger partial charge is 0.504 e. The van der Waals surface area contributed by atoms with Crippen LogP contribution in [0.5, 0.6) is 23.0 Å². The van der Waals surface area contributed by atoms with E-state index in [1.165, 1.54) is 12.1 Å². The van der Waals surface area contributed by atoms with Crippen LogP contribution >= 0.6 is 0 Å². The number of aliphatic imine (C=N–C) groups is 2. The van der Waals surface area contributed by atoms with Crippen LogP contribution < -0.4 is 0 Å². The van der Waals surface area contributed by atoms with Gasteiger partial charge in [0.05, 0.1) is 0 Å². The molecule has 6 nitrogen and oxygen atoms in total. The third-order valence-corrected chi connectivity index (χ3v) is 3.95. The molecule has 26 heavy (non-hydrogen) atoms. The molecule has 2 rings (SSSR count). The monoisotopic (exact) mass is 356 g/mol. The van der Waals surface area contributed by atoms with Gasteiger partial charge in [0.25, 0.3) is 0 Å². The molecule has 2 aromatic rings. The molecule has 0 heterocycles. The number of aromatic hydroxyl groups is 4. The van der Waals surface area contributed by atoms with Crippen molar-refractivity contribution in [3.63, 3.8) is 0 Å². The van der Waals surface area contributed by atoms with Gasteiger partial charge >= 0.3 is 0 Å². The molecular formula is C20H24N2O4. The first-order valence-electron chi connectivity index (χ1n) is 8.58. The molecule has 0 fully saturated rings. The molecule has 0 bridgehead atoms. The molecule has 0 saturated heterocycles. The third-order valence-electron chi connectivity index (χ3n) is 3.95. The van der Waals surface area contributed by atoms with Gasteiger partial charge in [0.2, 0.25) is 0 Å². The first-order chi connectivity index (χ1) is 12.5. The van der Waals surface area contributed by atoms with Gasteiger partial charge in [-0.3, -0.25) is 9.98 Å². The summed E-state index contributed by atoms with van der Waals surface area (Å²) < 4.78 is 0. The first kappa shape index (κ1) is 19.3. The van der Waals surface area contributed by atoms with Gasteiger partial charge in [0, 0.05) is 35.6 Å². The van der Waals surface area contributed by atoms with E-state index in [1.54, 1.807) is 24.3 Å². The Bertz CT molecular complexity index is 759. The molecule has 0 aliphatic rings. The summed E-state index contributed by atoms with van der Waals surface area (Å²) in [5.41, 5.74) is 2.24. The van der Waals surface area contributed by atoms with Crippen LogP contribution in [-0.4, -0.2) is 44.9 Å². The second-order valence-corrected chi connectivity index (χ2v) is 5.69. The lowest BCUT2D eigenvalue weighted by Crippen LogP contribution is -2.09. The van der Waals surface area contributed by atoms with Crippen molar-refractivity contribution in [2.24, 2.45) is 9.98 Å². The van der Waals surface area contributed by atoms with E-state index >= 15 is 0 Å². The van der Waals surface area contributed by atoms with Crippen molar-refractivity contribution in [2.75, 3.05) is 13.1 Å². The highest BCUT2D eigenvalue weighted by Crippen LogP contribution is 2.32. The molecule has 0 aliphatic carbocycles. The highest BCUT2D eigenvalue weighted by molar-refractivity contribution is 6.09. The summed E-state index contributed by atoms with van der Waals surface area (Å²) in [5.74, 6) is -0.790. The topological polar surface area (TPSA) is 106 Å². The van der Waals surface area contributed by atoms with Crippen molar-refractivity contribution >= 4 is 11.4 Å². The van der Waals surface area contributed by atoms with Gasteiger partial charge in [-0.15, -0.1) is 0 Å². The number of benzene rings is 2. The fourth-order valence-corrected chi connectivity index (χ4v) is 2.74. The molecule has 0 unspecified atom stereocenters. The van der Waals surface area contributed by atoms with E-state index in [2.05, 4.69) is 9.98 Å². The summed E-state index contributed by atoms with van der Waals surface area (Å²) in [5, 5.41) is 39.7. The average Bonchev–Trinajstić information content (AvgIpc) is 2.62. The molecule has 138 valence electrons. The Morgan fingerprint density at radius 3 is 1.42 bits per heavy atom. The van der Waals surface area contributed by atoms with Crippen molar-refractivity contribution in [3.05, 3.63) is 47.5 Å². The summed E-state index contributed by atoms with van der Waals surface area (Å²) >= 11 is 0. The van der Waals surface area contributed by atoms with Crippen molar-refractivity contribution in [1.29, 1.82) is 0 Å². The van der Waals surface area contributed by atoms with Crippen LogP contribution in [0.1, 0.15) is 37.8 Å². The number of phenolic OH excluding ortho intramolecular Hbond substituents is 4. The number of hydrogen-bond donors (Lipinski definition) is 4. The van der Waals surface area contributed by atoms with Gasteiger partial charge in [0.15, 0.2) is 23.0 Å². The van der Waals surface area contributed by atoms with E-state index in [0.29, 0.717) is 48.5 Å². The predicted octanol–water partition coefficient (Wildman–Crippen LogP) is 3.61. The fraction of sp³-hybridized carbons (Fsp3) is 0.300. The Morgan fingerprint density at radius 2 is 1.08 bits per heavy atom. The molecule has 2 aromatic carbocycles. The summed E-state index contributed by atoms with van der Waals surface area (Å²) in [4.78, 5) is 8.88. The molecule has 0 saturated carbocycles. The molecule has 4 N–H and O–H groups in total. The van der Waals surface area contributed by atoms with Crippen LogP contribution in [0.25, 0.3) is 0 Å². The van der Waals surface area contributed by atoms with Crippen LogP contribution in [0.15, 0.2) is 46.4 Å². The highest BCUT2D eigenvalue weighted by Gasteiger charge is 2.16. The van der Waals surface area contributed by atoms with E-state index in [1.807, 2.05) is 13.8 Å². The van der Waals surface area contributed by atoms with Gasteiger partial charge in [-0.2, -0.15) is 0 Å². The Balaban J connectivity index is 2.31. The maximum Gasteiger partial charge on any atom is 0.166 e. The maximum atomic E-state index is 10.1. The second-order valence-electron chi connectivity index (χ2n) is 5.69. The van der Waals surface area contributed by atoms with Crippen LogP contribution in [0.2, 0.25) is 0 Å². The van der Waals surface area contributed by atoms with Crippen molar-refractivity contribution < 1.29 is 20.4 Å². The quantitative estimate of drug-likeness (QED) is 0.449. The lowest BCUT2D eigenvalue weighted by molar-refractivity contribution is 0.403. The Hall–Kier alpha value is -3.02. The summed E-state index contributed by atoms with van der Waals surface area (Å²) in [7, 11) is 0. The molecule has 0 atom stereocenters. The van der Waals surface area contributed by atoms with E-state index < -0.39 is 0 Å². The molecule has 0 spiro atoms. The zero-order valence-corrected chi connectivity index (χ0v) is 15.0. The minimum absolute atomic E-state index is 0.195. The van der Waals surface area contributed by atoms with E-state index in [0.717, 1.165) is 0 Å². The second kappa shape index (κ2) is 8.89. The fourth-order valence-electron chi connectivity index (χ4n) is 2.74. The number of nitrogens with zero attached hydrogens (tertiary/aromatic N) is 2. The predicted molar refractivity (Wildman–Crippen MR) is 103 cm³/mol. The first-order valence-corrected chi connectivity index (χ1v) is 8.58. The lowest BCUT2D eigenvalue weighted by atomic mass is 9.98. The van der Waals surface area contributed by atoms with Crippen molar-refractivity contribution in [1.82, 2.24) is 0 Å². The third kappa shape index (κ3) is 4.33. The Labute approximate surface area is 152 Å². The van der Waals surface area contributed by atoms with Gasteiger partial charge in [0.1, 0.15) is 0 Å². The SMILES string of the molecule is CC/N=C(\CC/C(=N\CC)c1cccc(O)c1O)c1cccc(O)c1O. The highest BCUT2D eigenvalue weighted by atomic mass is 16.3. The Kier molecular flexibility index (Phi) is 6.60. The zero-order chi connectivity index (χ0) is 19.1. The van der Waals surface area contributed by atoms with Gasteiger partial charge in [-0.1, -0.05) is 12.1 Å². The molecule has 0 aromatic heterocycles. The molecule has 0 radical (unpaired) electrons. The van der Waals surface area contributed by atoms with Gasteiger partial charge < -0.3 is 20.4 Å². The molecule has 0 amide bonds. The van der Waals surface area contributed by atoms with Gasteiger partial charge in [-0.25, -0.2) is 0 Å². The van der Waals surface area contributed by atoms with Gasteiger partial charge in [-0.05, 0) is 51.0 Å². The summed E-state index contributed by atoms with van der Waals surface area (Å²) in [6.45, 7) is 4.84. The van der Waals surface area contributed by atoms with Crippen LogP contribution in [0.3, 0.4) is 0 Å².